The van der Waals surface area contributed by atoms with Crippen molar-refractivity contribution in [1.29, 1.82) is 0 Å². The molecule has 0 unspecified atom stereocenters. The molecule has 1 aromatic carbocycles. The first-order chi connectivity index (χ1) is 13.2. The van der Waals surface area contributed by atoms with E-state index in [4.69, 9.17) is 0 Å². The van der Waals surface area contributed by atoms with Gasteiger partial charge in [-0.15, -0.1) is 10.2 Å². The summed E-state index contributed by atoms with van der Waals surface area (Å²) in [4.78, 5) is 16.6. The van der Waals surface area contributed by atoms with Crippen molar-refractivity contribution in [3.05, 3.63) is 54.5 Å². The van der Waals surface area contributed by atoms with Gasteiger partial charge in [0.15, 0.2) is 10.8 Å². The molecule has 27 heavy (non-hydrogen) atoms. The molecular formula is C19H20FN5OS. The molecule has 4 rings (SSSR count). The zero-order chi connectivity index (χ0) is 18.6. The summed E-state index contributed by atoms with van der Waals surface area (Å²) in [7, 11) is 0. The predicted molar refractivity (Wildman–Crippen MR) is 104 cm³/mol. The van der Waals surface area contributed by atoms with Gasteiger partial charge < -0.3 is 9.80 Å². The van der Waals surface area contributed by atoms with Gasteiger partial charge in [0, 0.05) is 50.2 Å². The molecule has 0 N–H and O–H groups in total. The van der Waals surface area contributed by atoms with E-state index in [0.29, 0.717) is 25.3 Å². The third-order valence-corrected chi connectivity index (χ3v) is 5.60. The van der Waals surface area contributed by atoms with Crippen molar-refractivity contribution >= 4 is 29.0 Å². The average Bonchev–Trinajstić information content (AvgIpc) is 3.12. The largest absolute Gasteiger partial charge is 0.368 e. The Morgan fingerprint density at radius 1 is 1.04 bits per heavy atom. The lowest BCUT2D eigenvalue weighted by molar-refractivity contribution is -0.131. The number of carbonyl (C=O) groups is 1. The summed E-state index contributed by atoms with van der Waals surface area (Å²) in [6, 6.07) is 12.3. The van der Waals surface area contributed by atoms with E-state index in [2.05, 4.69) is 15.1 Å². The minimum Gasteiger partial charge on any atom is -0.368 e. The fourth-order valence-corrected chi connectivity index (χ4v) is 4.02. The molecule has 8 heteroatoms. The number of anilines is 1. The Labute approximate surface area is 161 Å². The summed E-state index contributed by atoms with van der Waals surface area (Å²) in [6.07, 6.45) is 2.40. The van der Waals surface area contributed by atoms with Crippen LogP contribution in [-0.4, -0.2) is 57.3 Å². The second-order valence-corrected chi connectivity index (χ2v) is 7.42. The van der Waals surface area contributed by atoms with Gasteiger partial charge >= 0.3 is 0 Å². The van der Waals surface area contributed by atoms with Crippen LogP contribution in [0, 0.1) is 5.82 Å². The molecule has 1 saturated heterocycles. The van der Waals surface area contributed by atoms with Crippen molar-refractivity contribution in [1.82, 2.24) is 19.5 Å². The van der Waals surface area contributed by atoms with Crippen molar-refractivity contribution in [2.24, 2.45) is 0 Å². The van der Waals surface area contributed by atoms with Crippen LogP contribution in [0.5, 0.6) is 0 Å². The van der Waals surface area contributed by atoms with Crippen LogP contribution in [-0.2, 0) is 4.79 Å². The van der Waals surface area contributed by atoms with Crippen molar-refractivity contribution < 1.29 is 9.18 Å². The van der Waals surface area contributed by atoms with Crippen LogP contribution in [0.4, 0.5) is 10.1 Å². The number of piperazine rings is 1. The molecule has 2 aromatic heterocycles. The van der Waals surface area contributed by atoms with Crippen LogP contribution in [0.1, 0.15) is 6.42 Å². The molecule has 1 amide bonds. The standard InChI is InChI=1S/C19H20FN5OS/c20-15-4-6-16(7-5-15)23-10-12-24(13-11-23)18(26)8-14-27-19-22-21-17-3-1-2-9-25(17)19/h1-7,9H,8,10-14H2. The molecule has 1 aliphatic rings. The molecule has 6 nitrogen and oxygen atoms in total. The predicted octanol–water partition coefficient (Wildman–Crippen LogP) is 2.70. The Balaban J connectivity index is 1.25. The smallest absolute Gasteiger partial charge is 0.223 e. The molecule has 0 radical (unpaired) electrons. The summed E-state index contributed by atoms with van der Waals surface area (Å²) < 4.78 is 15.0. The van der Waals surface area contributed by atoms with E-state index in [1.807, 2.05) is 33.7 Å². The molecule has 3 heterocycles. The number of benzene rings is 1. The first-order valence-corrected chi connectivity index (χ1v) is 9.90. The number of pyridine rings is 1. The molecule has 0 atom stereocenters. The Bertz CT molecular complexity index is 921. The van der Waals surface area contributed by atoms with Crippen LogP contribution in [0.3, 0.4) is 0 Å². The van der Waals surface area contributed by atoms with Crippen LogP contribution in [0.25, 0.3) is 5.65 Å². The zero-order valence-corrected chi connectivity index (χ0v) is 15.6. The second kappa shape index (κ2) is 7.96. The topological polar surface area (TPSA) is 53.7 Å². The number of thioether (sulfide) groups is 1. The normalized spacial score (nSPS) is 14.7. The van der Waals surface area contributed by atoms with Gasteiger partial charge in [0.1, 0.15) is 5.82 Å². The Morgan fingerprint density at radius 2 is 1.81 bits per heavy atom. The number of amides is 1. The summed E-state index contributed by atoms with van der Waals surface area (Å²) in [6.45, 7) is 2.90. The average molecular weight is 385 g/mol. The quantitative estimate of drug-likeness (QED) is 0.632. The van der Waals surface area contributed by atoms with E-state index in [1.54, 1.807) is 23.9 Å². The zero-order valence-electron chi connectivity index (χ0n) is 14.8. The number of hydrogen-bond acceptors (Lipinski definition) is 5. The van der Waals surface area contributed by atoms with Crippen LogP contribution in [0.15, 0.2) is 53.8 Å². The number of carbonyl (C=O) groups excluding carboxylic acids is 1. The van der Waals surface area contributed by atoms with Crippen LogP contribution in [0.2, 0.25) is 0 Å². The maximum atomic E-state index is 13.0. The molecule has 0 bridgehead atoms. The molecule has 140 valence electrons. The van der Waals surface area contributed by atoms with Crippen molar-refractivity contribution in [3.63, 3.8) is 0 Å². The maximum absolute atomic E-state index is 13.0. The van der Waals surface area contributed by atoms with Gasteiger partial charge in [-0.05, 0) is 36.4 Å². The molecule has 0 spiro atoms. The van der Waals surface area contributed by atoms with E-state index >= 15 is 0 Å². The monoisotopic (exact) mass is 385 g/mol. The minimum absolute atomic E-state index is 0.162. The molecular weight excluding hydrogens is 365 g/mol. The fraction of sp³-hybridized carbons (Fsp3) is 0.316. The molecule has 1 fully saturated rings. The lowest BCUT2D eigenvalue weighted by Crippen LogP contribution is -2.48. The second-order valence-electron chi connectivity index (χ2n) is 6.35. The van der Waals surface area contributed by atoms with Gasteiger partial charge in [-0.1, -0.05) is 17.8 Å². The van der Waals surface area contributed by atoms with Gasteiger partial charge in [-0.2, -0.15) is 0 Å². The third kappa shape index (κ3) is 4.05. The summed E-state index contributed by atoms with van der Waals surface area (Å²) in [5.41, 5.74) is 1.81. The first kappa shape index (κ1) is 17.8. The molecule has 3 aromatic rings. The maximum Gasteiger partial charge on any atom is 0.223 e. The van der Waals surface area contributed by atoms with E-state index in [1.165, 1.54) is 12.1 Å². The van der Waals surface area contributed by atoms with Crippen molar-refractivity contribution in [2.75, 3.05) is 36.8 Å². The van der Waals surface area contributed by atoms with Gasteiger partial charge in [0.25, 0.3) is 0 Å². The minimum atomic E-state index is -0.231. The number of fused-ring (bicyclic) bond motifs is 1. The van der Waals surface area contributed by atoms with E-state index in [-0.39, 0.29) is 11.7 Å². The summed E-state index contributed by atoms with van der Waals surface area (Å²) in [5, 5.41) is 9.09. The highest BCUT2D eigenvalue weighted by atomic mass is 32.2. The lowest BCUT2D eigenvalue weighted by atomic mass is 10.2. The van der Waals surface area contributed by atoms with Crippen molar-refractivity contribution in [3.8, 4) is 0 Å². The van der Waals surface area contributed by atoms with Gasteiger partial charge in [0.2, 0.25) is 5.91 Å². The molecule has 0 saturated carbocycles. The lowest BCUT2D eigenvalue weighted by Gasteiger charge is -2.36. The highest BCUT2D eigenvalue weighted by Gasteiger charge is 2.21. The highest BCUT2D eigenvalue weighted by molar-refractivity contribution is 7.99. The van der Waals surface area contributed by atoms with E-state index < -0.39 is 0 Å². The summed E-state index contributed by atoms with van der Waals surface area (Å²) in [5.74, 6) is 0.604. The first-order valence-electron chi connectivity index (χ1n) is 8.91. The number of rotatable bonds is 5. The fourth-order valence-electron chi connectivity index (χ4n) is 3.17. The van der Waals surface area contributed by atoms with Gasteiger partial charge in [-0.3, -0.25) is 9.20 Å². The van der Waals surface area contributed by atoms with Gasteiger partial charge in [-0.25, -0.2) is 4.39 Å². The van der Waals surface area contributed by atoms with Crippen LogP contribution >= 0.6 is 11.8 Å². The Morgan fingerprint density at radius 3 is 2.59 bits per heavy atom. The van der Waals surface area contributed by atoms with E-state index in [9.17, 15) is 9.18 Å². The Kier molecular flexibility index (Phi) is 5.24. The highest BCUT2D eigenvalue weighted by Crippen LogP contribution is 2.20. The SMILES string of the molecule is O=C(CCSc1nnc2ccccn12)N1CCN(c2ccc(F)cc2)CC1. The third-order valence-electron chi connectivity index (χ3n) is 4.65. The summed E-state index contributed by atoms with van der Waals surface area (Å²) >= 11 is 1.54. The molecule has 1 aliphatic heterocycles. The van der Waals surface area contributed by atoms with E-state index in [0.717, 1.165) is 29.6 Å². The number of halogens is 1. The molecule has 0 aliphatic carbocycles. The number of hydrogen-bond donors (Lipinski definition) is 0. The number of aromatic nitrogens is 3. The van der Waals surface area contributed by atoms with Crippen LogP contribution < -0.4 is 4.90 Å². The van der Waals surface area contributed by atoms with Gasteiger partial charge in [0.05, 0.1) is 0 Å². The van der Waals surface area contributed by atoms with Crippen molar-refractivity contribution in [2.45, 2.75) is 11.6 Å². The number of nitrogens with zero attached hydrogens (tertiary/aromatic N) is 5. The Hall–Kier alpha value is -2.61.